The monoisotopic (exact) mass is 235 g/mol. The first kappa shape index (κ1) is 12.6. The van der Waals surface area contributed by atoms with E-state index in [1.165, 1.54) is 24.8 Å². The lowest BCUT2D eigenvalue weighted by atomic mass is 9.79. The Balaban J connectivity index is 1.95. The molecule has 1 aromatic rings. The highest BCUT2D eigenvalue weighted by Crippen LogP contribution is 2.35. The van der Waals surface area contributed by atoms with Crippen molar-refractivity contribution in [2.24, 2.45) is 11.8 Å². The van der Waals surface area contributed by atoms with E-state index >= 15 is 0 Å². The lowest BCUT2D eigenvalue weighted by molar-refractivity contribution is 0.201. The first-order chi connectivity index (χ1) is 8.20. The molecule has 1 aliphatic rings. The maximum absolute atomic E-state index is 4.53. The van der Waals surface area contributed by atoms with Crippen LogP contribution in [-0.2, 0) is 6.54 Å². The van der Waals surface area contributed by atoms with E-state index in [0.29, 0.717) is 6.04 Å². The van der Waals surface area contributed by atoms with Gasteiger partial charge in [0, 0.05) is 18.3 Å². The SMILES string of the molecule is CCNCc1cnn(C2CCC(C)C(C)C2)c1. The lowest BCUT2D eigenvalue weighted by Gasteiger charge is -2.32. The molecule has 1 heterocycles. The van der Waals surface area contributed by atoms with Gasteiger partial charge in [-0.2, -0.15) is 5.10 Å². The summed E-state index contributed by atoms with van der Waals surface area (Å²) in [5.41, 5.74) is 1.30. The Morgan fingerprint density at radius 3 is 2.88 bits per heavy atom. The normalized spacial score (nSPS) is 29.5. The fourth-order valence-electron chi connectivity index (χ4n) is 2.70. The van der Waals surface area contributed by atoms with Gasteiger partial charge < -0.3 is 5.32 Å². The second-order valence-corrected chi connectivity index (χ2v) is 5.53. The maximum Gasteiger partial charge on any atom is 0.0534 e. The number of aromatic nitrogens is 2. The fourth-order valence-corrected chi connectivity index (χ4v) is 2.70. The molecule has 96 valence electrons. The predicted octanol–water partition coefficient (Wildman–Crippen LogP) is 2.99. The Kier molecular flexibility index (Phi) is 4.21. The second kappa shape index (κ2) is 5.67. The van der Waals surface area contributed by atoms with Gasteiger partial charge in [0.25, 0.3) is 0 Å². The summed E-state index contributed by atoms with van der Waals surface area (Å²) in [6.45, 7) is 8.84. The van der Waals surface area contributed by atoms with Crippen molar-refractivity contribution in [3.63, 3.8) is 0 Å². The molecule has 17 heavy (non-hydrogen) atoms. The summed E-state index contributed by atoms with van der Waals surface area (Å²) < 4.78 is 2.19. The van der Waals surface area contributed by atoms with Crippen LogP contribution in [0, 0.1) is 11.8 Å². The zero-order valence-corrected chi connectivity index (χ0v) is 11.3. The molecule has 1 fully saturated rings. The number of rotatable bonds is 4. The Bertz CT molecular complexity index is 345. The van der Waals surface area contributed by atoms with Gasteiger partial charge in [0.1, 0.15) is 0 Å². The molecule has 3 unspecified atom stereocenters. The Labute approximate surface area is 105 Å². The van der Waals surface area contributed by atoms with E-state index in [4.69, 9.17) is 0 Å². The molecule has 0 aromatic carbocycles. The average molecular weight is 235 g/mol. The molecule has 0 saturated heterocycles. The standard InChI is InChI=1S/C14H25N3/c1-4-15-8-13-9-16-17(10-13)14-6-5-11(2)12(3)7-14/h9-12,14-15H,4-8H2,1-3H3. The van der Waals surface area contributed by atoms with Gasteiger partial charge in [-0.3, -0.25) is 4.68 Å². The van der Waals surface area contributed by atoms with Crippen molar-refractivity contribution in [2.45, 2.75) is 52.6 Å². The van der Waals surface area contributed by atoms with Crippen LogP contribution < -0.4 is 5.32 Å². The molecule has 1 aromatic heterocycles. The van der Waals surface area contributed by atoms with Crippen LogP contribution >= 0.6 is 0 Å². The van der Waals surface area contributed by atoms with Gasteiger partial charge >= 0.3 is 0 Å². The molecular formula is C14H25N3. The van der Waals surface area contributed by atoms with Crippen molar-refractivity contribution < 1.29 is 0 Å². The van der Waals surface area contributed by atoms with Crippen LogP contribution in [0.1, 0.15) is 51.6 Å². The van der Waals surface area contributed by atoms with E-state index < -0.39 is 0 Å². The molecule has 0 radical (unpaired) electrons. The topological polar surface area (TPSA) is 29.9 Å². The number of nitrogens with zero attached hydrogens (tertiary/aromatic N) is 2. The quantitative estimate of drug-likeness (QED) is 0.869. The van der Waals surface area contributed by atoms with E-state index in [-0.39, 0.29) is 0 Å². The summed E-state index contributed by atoms with van der Waals surface area (Å²) in [5.74, 6) is 1.71. The molecule has 2 rings (SSSR count). The third-order valence-corrected chi connectivity index (χ3v) is 4.18. The minimum Gasteiger partial charge on any atom is -0.313 e. The van der Waals surface area contributed by atoms with E-state index in [0.717, 1.165) is 24.9 Å². The highest BCUT2D eigenvalue weighted by atomic mass is 15.3. The van der Waals surface area contributed by atoms with Gasteiger partial charge in [-0.15, -0.1) is 0 Å². The molecule has 0 amide bonds. The molecule has 0 spiro atoms. The van der Waals surface area contributed by atoms with Crippen LogP contribution in [-0.4, -0.2) is 16.3 Å². The minimum atomic E-state index is 0.622. The van der Waals surface area contributed by atoms with Crippen LogP contribution in [0.5, 0.6) is 0 Å². The summed E-state index contributed by atoms with van der Waals surface area (Å²) in [6, 6.07) is 0.622. The van der Waals surface area contributed by atoms with Crippen LogP contribution in [0.15, 0.2) is 12.4 Å². The third kappa shape index (κ3) is 3.09. The molecular weight excluding hydrogens is 210 g/mol. The minimum absolute atomic E-state index is 0.622. The highest BCUT2D eigenvalue weighted by Gasteiger charge is 2.25. The predicted molar refractivity (Wildman–Crippen MR) is 70.8 cm³/mol. The molecule has 3 nitrogen and oxygen atoms in total. The van der Waals surface area contributed by atoms with Crippen molar-refractivity contribution in [2.75, 3.05) is 6.54 Å². The summed E-state index contributed by atoms with van der Waals surface area (Å²) in [7, 11) is 0. The van der Waals surface area contributed by atoms with Crippen molar-refractivity contribution in [1.82, 2.24) is 15.1 Å². The Morgan fingerprint density at radius 1 is 1.35 bits per heavy atom. The summed E-state index contributed by atoms with van der Waals surface area (Å²) in [6.07, 6.45) is 8.13. The number of hydrogen-bond acceptors (Lipinski definition) is 2. The van der Waals surface area contributed by atoms with E-state index in [1.54, 1.807) is 0 Å². The van der Waals surface area contributed by atoms with Gasteiger partial charge in [-0.1, -0.05) is 20.8 Å². The molecule has 3 atom stereocenters. The average Bonchev–Trinajstić information content (AvgIpc) is 2.79. The first-order valence-corrected chi connectivity index (χ1v) is 6.94. The zero-order valence-electron chi connectivity index (χ0n) is 11.3. The largest absolute Gasteiger partial charge is 0.313 e. The van der Waals surface area contributed by atoms with Crippen LogP contribution in [0.25, 0.3) is 0 Å². The van der Waals surface area contributed by atoms with Gasteiger partial charge in [0.2, 0.25) is 0 Å². The van der Waals surface area contributed by atoms with E-state index in [9.17, 15) is 0 Å². The van der Waals surface area contributed by atoms with Crippen molar-refractivity contribution in [1.29, 1.82) is 0 Å². The van der Waals surface area contributed by atoms with Crippen LogP contribution in [0.3, 0.4) is 0 Å². The highest BCUT2D eigenvalue weighted by molar-refractivity contribution is 5.04. The molecule has 0 aliphatic heterocycles. The second-order valence-electron chi connectivity index (χ2n) is 5.53. The van der Waals surface area contributed by atoms with E-state index in [2.05, 4.69) is 42.1 Å². The van der Waals surface area contributed by atoms with E-state index in [1.807, 2.05) is 6.20 Å². The van der Waals surface area contributed by atoms with Gasteiger partial charge in [-0.25, -0.2) is 0 Å². The zero-order chi connectivity index (χ0) is 12.3. The molecule has 1 aliphatic carbocycles. The first-order valence-electron chi connectivity index (χ1n) is 6.94. The molecule has 1 N–H and O–H groups in total. The van der Waals surface area contributed by atoms with Gasteiger partial charge in [0.05, 0.1) is 12.2 Å². The number of hydrogen-bond donors (Lipinski definition) is 1. The van der Waals surface area contributed by atoms with Crippen LogP contribution in [0.2, 0.25) is 0 Å². The van der Waals surface area contributed by atoms with Crippen molar-refractivity contribution >= 4 is 0 Å². The molecule has 3 heteroatoms. The Hall–Kier alpha value is -0.830. The third-order valence-electron chi connectivity index (χ3n) is 4.18. The van der Waals surface area contributed by atoms with Gasteiger partial charge in [0.15, 0.2) is 0 Å². The van der Waals surface area contributed by atoms with Crippen molar-refractivity contribution in [3.05, 3.63) is 18.0 Å². The molecule has 1 saturated carbocycles. The maximum atomic E-state index is 4.53. The van der Waals surface area contributed by atoms with Crippen LogP contribution in [0.4, 0.5) is 0 Å². The smallest absolute Gasteiger partial charge is 0.0534 e. The van der Waals surface area contributed by atoms with Gasteiger partial charge in [-0.05, 0) is 37.6 Å². The Morgan fingerprint density at radius 2 is 2.18 bits per heavy atom. The summed E-state index contributed by atoms with van der Waals surface area (Å²) in [5, 5.41) is 7.87. The summed E-state index contributed by atoms with van der Waals surface area (Å²) in [4.78, 5) is 0. The fraction of sp³-hybridized carbons (Fsp3) is 0.786. The lowest BCUT2D eigenvalue weighted by Crippen LogP contribution is -2.23. The molecule has 0 bridgehead atoms. The number of nitrogens with one attached hydrogen (secondary N) is 1. The summed E-state index contributed by atoms with van der Waals surface area (Å²) >= 11 is 0. The van der Waals surface area contributed by atoms with Crippen molar-refractivity contribution in [3.8, 4) is 0 Å².